The number of carbonyl (C=O) groups is 1. The molecule has 2 fully saturated rings. The Labute approximate surface area is 203 Å². The van der Waals surface area contributed by atoms with E-state index in [-0.39, 0.29) is 13.5 Å². The molecule has 5 heteroatoms. The zero-order chi connectivity index (χ0) is 23.0. The molecule has 1 saturated carbocycles. The van der Waals surface area contributed by atoms with Gasteiger partial charge < -0.3 is 15.4 Å². The van der Waals surface area contributed by atoms with Crippen molar-refractivity contribution in [3.63, 3.8) is 0 Å². The molecular weight excluding hydrogens is 422 g/mol. The largest absolute Gasteiger partial charge is 0.439 e. The molecule has 0 unspecified atom stereocenters. The van der Waals surface area contributed by atoms with Crippen molar-refractivity contribution in [3.8, 4) is 11.6 Å². The third kappa shape index (κ3) is 7.48. The number of aromatic nitrogens is 1. The van der Waals surface area contributed by atoms with Crippen molar-refractivity contribution in [2.24, 2.45) is 5.73 Å². The van der Waals surface area contributed by atoms with E-state index in [0.29, 0.717) is 19.0 Å². The molecule has 34 heavy (non-hydrogen) atoms. The summed E-state index contributed by atoms with van der Waals surface area (Å²) >= 11 is 0. The highest BCUT2D eigenvalue weighted by atomic mass is 16.5. The molecule has 5 rings (SSSR count). The van der Waals surface area contributed by atoms with E-state index in [4.69, 9.17) is 10.5 Å². The number of nitrogens with zero attached hydrogens (tertiary/aromatic N) is 2. The van der Waals surface area contributed by atoms with Crippen LogP contribution in [-0.4, -0.2) is 29.0 Å². The van der Waals surface area contributed by atoms with Crippen molar-refractivity contribution in [2.45, 2.75) is 46.0 Å². The molecule has 0 atom stereocenters. The van der Waals surface area contributed by atoms with Crippen LogP contribution in [0.4, 0.5) is 4.79 Å². The Morgan fingerprint density at radius 3 is 2.38 bits per heavy atom. The fourth-order valence-electron chi connectivity index (χ4n) is 3.84. The molecule has 2 aromatic carbocycles. The Morgan fingerprint density at radius 2 is 1.76 bits per heavy atom. The smallest absolute Gasteiger partial charge is 0.314 e. The lowest BCUT2D eigenvalue weighted by Gasteiger charge is -2.26. The average Bonchev–Trinajstić information content (AvgIpc) is 3.68. The van der Waals surface area contributed by atoms with Crippen molar-refractivity contribution in [3.05, 3.63) is 95.2 Å². The van der Waals surface area contributed by atoms with Gasteiger partial charge in [-0.05, 0) is 67.3 Å². The van der Waals surface area contributed by atoms with E-state index < -0.39 is 0 Å². The Hall–Kier alpha value is -3.60. The average molecular weight is 458 g/mol. The molecule has 178 valence electrons. The molecule has 0 bridgehead atoms. The number of hydrogen-bond acceptors (Lipinski definition) is 3. The monoisotopic (exact) mass is 457 g/mol. The van der Waals surface area contributed by atoms with Gasteiger partial charge in [0.05, 0.1) is 0 Å². The number of hydrogen-bond donors (Lipinski definition) is 1. The first-order chi connectivity index (χ1) is 16.1. The molecule has 1 saturated heterocycles. The normalized spacial score (nSPS) is 14.9. The van der Waals surface area contributed by atoms with Gasteiger partial charge in [0.15, 0.2) is 0 Å². The number of rotatable bonds is 4. The lowest BCUT2D eigenvalue weighted by atomic mass is 10.0. The highest BCUT2D eigenvalue weighted by molar-refractivity contribution is 5.72. The minimum absolute atomic E-state index is 0. The van der Waals surface area contributed by atoms with Gasteiger partial charge in [-0.3, -0.25) is 0 Å². The van der Waals surface area contributed by atoms with Gasteiger partial charge in [-0.25, -0.2) is 9.78 Å². The fraction of sp³-hybridized carbons (Fsp3) is 0.310. The molecule has 2 amide bonds. The molecule has 0 spiro atoms. The van der Waals surface area contributed by atoms with Crippen LogP contribution in [0.25, 0.3) is 6.08 Å². The molecular formula is C29H35N3O2. The van der Waals surface area contributed by atoms with E-state index in [1.54, 1.807) is 11.1 Å². The van der Waals surface area contributed by atoms with Crippen LogP contribution < -0.4 is 10.5 Å². The predicted octanol–water partition coefficient (Wildman–Crippen LogP) is 6.94. The van der Waals surface area contributed by atoms with Gasteiger partial charge in [-0.15, -0.1) is 0 Å². The van der Waals surface area contributed by atoms with Crippen LogP contribution in [0.5, 0.6) is 11.6 Å². The van der Waals surface area contributed by atoms with Crippen LogP contribution in [0, 0.1) is 6.92 Å². The second-order valence-electron chi connectivity index (χ2n) is 8.66. The second kappa shape index (κ2) is 12.0. The third-order valence-corrected chi connectivity index (χ3v) is 5.90. The van der Waals surface area contributed by atoms with E-state index in [1.807, 2.05) is 43.3 Å². The summed E-state index contributed by atoms with van der Waals surface area (Å²) < 4.78 is 5.80. The Morgan fingerprint density at radius 1 is 1.03 bits per heavy atom. The van der Waals surface area contributed by atoms with Crippen LogP contribution in [-0.2, 0) is 0 Å². The Kier molecular flexibility index (Phi) is 8.86. The quantitative estimate of drug-likeness (QED) is 0.461. The third-order valence-electron chi connectivity index (χ3n) is 5.90. The number of ether oxygens (including phenoxy) is 1. The number of primary amides is 1. The van der Waals surface area contributed by atoms with Gasteiger partial charge in [0.1, 0.15) is 5.75 Å². The number of pyridine rings is 1. The van der Waals surface area contributed by atoms with Crippen LogP contribution >= 0.6 is 0 Å². The van der Waals surface area contributed by atoms with Crippen LogP contribution in [0.3, 0.4) is 0 Å². The zero-order valence-corrected chi connectivity index (χ0v) is 19.1. The maximum absolute atomic E-state index is 11.2. The topological polar surface area (TPSA) is 68.5 Å². The van der Waals surface area contributed by atoms with Gasteiger partial charge >= 0.3 is 6.03 Å². The Bertz CT molecular complexity index is 1080. The minimum atomic E-state index is -0.338. The van der Waals surface area contributed by atoms with Crippen LogP contribution in [0.15, 0.2) is 78.5 Å². The number of urea groups is 1. The first kappa shape index (κ1) is 25.0. The van der Waals surface area contributed by atoms with E-state index in [2.05, 4.69) is 41.4 Å². The maximum Gasteiger partial charge on any atom is 0.314 e. The standard InChI is InChI=1S/C19H21N3O2.C9H10.CH4/c1-14-5-6-18(21-13-14)24-17-4-2-3-16(12-17)11-15-7-9-22(10-8-15)19(20)23;1-2-4-8(5-3-1)9-6-7-9;/h2-6,11-13H,7-10H2,1H3,(H2,20,23);1-5,9H,6-7H2;1H4. The number of piperidine rings is 1. The fourth-order valence-corrected chi connectivity index (χ4v) is 3.84. The number of aryl methyl sites for hydroxylation is 1. The summed E-state index contributed by atoms with van der Waals surface area (Å²) in [7, 11) is 0. The zero-order valence-electron chi connectivity index (χ0n) is 19.1. The van der Waals surface area contributed by atoms with E-state index in [1.165, 1.54) is 24.0 Å². The lowest BCUT2D eigenvalue weighted by Crippen LogP contribution is -2.39. The van der Waals surface area contributed by atoms with Crippen molar-refractivity contribution >= 4 is 12.1 Å². The molecule has 3 aromatic rings. The molecule has 1 aliphatic carbocycles. The van der Waals surface area contributed by atoms with E-state index >= 15 is 0 Å². The van der Waals surface area contributed by atoms with Gasteiger partial charge in [-0.2, -0.15) is 0 Å². The van der Waals surface area contributed by atoms with Crippen molar-refractivity contribution in [2.75, 3.05) is 13.1 Å². The molecule has 2 aliphatic rings. The summed E-state index contributed by atoms with van der Waals surface area (Å²) in [6.07, 6.45) is 8.47. The van der Waals surface area contributed by atoms with Crippen molar-refractivity contribution in [1.82, 2.24) is 9.88 Å². The maximum atomic E-state index is 11.2. The summed E-state index contributed by atoms with van der Waals surface area (Å²) in [5, 5.41) is 0. The Balaban J connectivity index is 0.000000270. The molecule has 1 aromatic heterocycles. The highest BCUT2D eigenvalue weighted by Gasteiger charge is 2.22. The molecule has 5 nitrogen and oxygen atoms in total. The van der Waals surface area contributed by atoms with Crippen LogP contribution in [0.2, 0.25) is 0 Å². The van der Waals surface area contributed by atoms with Gasteiger partial charge in [0.25, 0.3) is 0 Å². The first-order valence-corrected chi connectivity index (χ1v) is 11.6. The number of carbonyl (C=O) groups excluding carboxylic acids is 1. The molecule has 2 N–H and O–H groups in total. The summed E-state index contributed by atoms with van der Waals surface area (Å²) in [5.41, 5.74) is 10.3. The van der Waals surface area contributed by atoms with E-state index in [9.17, 15) is 4.79 Å². The number of likely N-dealkylation sites (tertiary alicyclic amines) is 1. The highest BCUT2D eigenvalue weighted by Crippen LogP contribution is 2.39. The second-order valence-corrected chi connectivity index (χ2v) is 8.66. The summed E-state index contributed by atoms with van der Waals surface area (Å²) in [5.74, 6) is 2.25. The SMILES string of the molecule is C.Cc1ccc(Oc2cccc(C=C3CCN(C(N)=O)CC3)c2)nc1.c1ccc(C2CC2)cc1. The van der Waals surface area contributed by atoms with Gasteiger partial charge in [-0.1, -0.05) is 67.6 Å². The summed E-state index contributed by atoms with van der Waals surface area (Å²) in [4.78, 5) is 17.1. The van der Waals surface area contributed by atoms with Gasteiger partial charge in [0.2, 0.25) is 5.88 Å². The number of benzene rings is 2. The molecule has 1 aliphatic heterocycles. The molecule has 0 radical (unpaired) electrons. The molecule has 2 heterocycles. The minimum Gasteiger partial charge on any atom is -0.439 e. The van der Waals surface area contributed by atoms with E-state index in [0.717, 1.165) is 35.6 Å². The summed E-state index contributed by atoms with van der Waals surface area (Å²) in [6, 6.07) is 22.2. The number of amides is 2. The number of nitrogens with two attached hydrogens (primary N) is 1. The van der Waals surface area contributed by atoms with Crippen LogP contribution in [0.1, 0.15) is 55.7 Å². The predicted molar refractivity (Wildman–Crippen MR) is 139 cm³/mol. The van der Waals surface area contributed by atoms with Crippen molar-refractivity contribution in [1.29, 1.82) is 0 Å². The van der Waals surface area contributed by atoms with Gasteiger partial charge in [0, 0.05) is 25.4 Å². The van der Waals surface area contributed by atoms with Crippen molar-refractivity contribution < 1.29 is 9.53 Å². The first-order valence-electron chi connectivity index (χ1n) is 11.6. The lowest BCUT2D eigenvalue weighted by molar-refractivity contribution is 0.203. The summed E-state index contributed by atoms with van der Waals surface area (Å²) in [6.45, 7) is 3.36.